The van der Waals surface area contributed by atoms with Crippen molar-refractivity contribution in [2.75, 3.05) is 11.9 Å². The van der Waals surface area contributed by atoms with Gasteiger partial charge in [-0.1, -0.05) is 42.5 Å². The molecule has 0 radical (unpaired) electrons. The smallest absolute Gasteiger partial charge is 0.225 e. The van der Waals surface area contributed by atoms with Crippen LogP contribution in [0.2, 0.25) is 0 Å². The lowest BCUT2D eigenvalue weighted by molar-refractivity contribution is -0.128. The first kappa shape index (κ1) is 16.2. The average Bonchev–Trinajstić information content (AvgIpc) is 3.30. The Morgan fingerprint density at radius 1 is 1.07 bits per heavy atom. The number of hydrogen-bond acceptors (Lipinski definition) is 4. The molecular formula is C22H22N4O. The highest BCUT2D eigenvalue weighted by atomic mass is 16.2. The van der Waals surface area contributed by atoms with E-state index in [2.05, 4.69) is 51.7 Å². The Balaban J connectivity index is 1.33. The molecule has 27 heavy (non-hydrogen) atoms. The molecule has 1 fully saturated rings. The van der Waals surface area contributed by atoms with Gasteiger partial charge in [-0.15, -0.1) is 0 Å². The van der Waals surface area contributed by atoms with Crippen molar-refractivity contribution in [2.45, 2.75) is 38.3 Å². The Morgan fingerprint density at radius 3 is 2.93 bits per heavy atom. The Bertz CT molecular complexity index is 1010. The molecule has 0 spiro atoms. The third-order valence-corrected chi connectivity index (χ3v) is 5.67. The number of carbonyl (C=O) groups excluding carboxylic acids is 1. The summed E-state index contributed by atoms with van der Waals surface area (Å²) in [6.45, 7) is 1.36. The van der Waals surface area contributed by atoms with Gasteiger partial charge in [0.2, 0.25) is 5.91 Å². The highest BCUT2D eigenvalue weighted by Crippen LogP contribution is 2.28. The van der Waals surface area contributed by atoms with Crippen molar-refractivity contribution in [1.82, 2.24) is 14.9 Å². The quantitative estimate of drug-likeness (QED) is 0.777. The molecule has 1 unspecified atom stereocenters. The summed E-state index contributed by atoms with van der Waals surface area (Å²) < 4.78 is 0. The number of carbonyl (C=O) groups is 1. The number of rotatable bonds is 4. The van der Waals surface area contributed by atoms with Gasteiger partial charge in [-0.3, -0.25) is 4.79 Å². The van der Waals surface area contributed by atoms with Crippen LogP contribution in [0.4, 0.5) is 5.82 Å². The number of likely N-dealkylation sites (tertiary alicyclic amines) is 1. The van der Waals surface area contributed by atoms with Gasteiger partial charge >= 0.3 is 0 Å². The first-order valence-corrected chi connectivity index (χ1v) is 9.61. The lowest BCUT2D eigenvalue weighted by Crippen LogP contribution is -2.28. The van der Waals surface area contributed by atoms with Crippen molar-refractivity contribution in [2.24, 2.45) is 0 Å². The predicted octanol–water partition coefficient (Wildman–Crippen LogP) is 3.33. The largest absolute Gasteiger partial charge is 0.365 e. The zero-order chi connectivity index (χ0) is 18.2. The molecular weight excluding hydrogens is 336 g/mol. The number of anilines is 1. The molecule has 3 aromatic rings. The maximum absolute atomic E-state index is 12.6. The fourth-order valence-corrected chi connectivity index (χ4v) is 4.33. The van der Waals surface area contributed by atoms with E-state index >= 15 is 0 Å². The summed E-state index contributed by atoms with van der Waals surface area (Å²) in [5.74, 6) is 1.12. The fourth-order valence-electron chi connectivity index (χ4n) is 4.33. The van der Waals surface area contributed by atoms with Crippen molar-refractivity contribution >= 4 is 22.5 Å². The topological polar surface area (TPSA) is 58.1 Å². The molecule has 2 aromatic carbocycles. The standard InChI is InChI=1S/C22H22N4O/c27-21-11-17(25-22-19-9-4-10-20(19)23-14-24-22)13-26(21)12-16-7-3-6-15-5-1-2-8-18(15)16/h1-3,5-8,14,17H,4,9-13H2,(H,23,24,25). The molecule has 5 heteroatoms. The maximum Gasteiger partial charge on any atom is 0.225 e. The summed E-state index contributed by atoms with van der Waals surface area (Å²) in [7, 11) is 0. The van der Waals surface area contributed by atoms with Gasteiger partial charge in [0, 0.05) is 30.8 Å². The Labute approximate surface area is 158 Å². The predicted molar refractivity (Wildman–Crippen MR) is 105 cm³/mol. The van der Waals surface area contributed by atoms with E-state index in [0.717, 1.165) is 30.8 Å². The van der Waals surface area contributed by atoms with Crippen LogP contribution in [0.1, 0.15) is 29.7 Å². The summed E-state index contributed by atoms with van der Waals surface area (Å²) >= 11 is 0. The number of amides is 1. The summed E-state index contributed by atoms with van der Waals surface area (Å²) in [6.07, 6.45) is 5.35. The van der Waals surface area contributed by atoms with Gasteiger partial charge in [-0.2, -0.15) is 0 Å². The van der Waals surface area contributed by atoms with Gasteiger partial charge in [0.15, 0.2) is 0 Å². The van der Waals surface area contributed by atoms with E-state index in [-0.39, 0.29) is 11.9 Å². The minimum atomic E-state index is 0.104. The molecule has 1 saturated heterocycles. The number of nitrogens with one attached hydrogen (secondary N) is 1. The van der Waals surface area contributed by atoms with Crippen molar-refractivity contribution in [3.63, 3.8) is 0 Å². The number of benzene rings is 2. The van der Waals surface area contributed by atoms with Crippen LogP contribution in [0.5, 0.6) is 0 Å². The van der Waals surface area contributed by atoms with Crippen molar-refractivity contribution < 1.29 is 4.79 Å². The first-order valence-electron chi connectivity index (χ1n) is 9.61. The number of aryl methyl sites for hydroxylation is 1. The van der Waals surface area contributed by atoms with E-state index < -0.39 is 0 Å². The molecule has 1 amide bonds. The van der Waals surface area contributed by atoms with Gasteiger partial charge in [0.05, 0.1) is 6.04 Å². The Kier molecular flexibility index (Phi) is 4.00. The molecule has 1 atom stereocenters. The molecule has 0 saturated carbocycles. The molecule has 2 heterocycles. The van der Waals surface area contributed by atoms with Crippen LogP contribution in [-0.2, 0) is 24.2 Å². The van der Waals surface area contributed by atoms with Crippen LogP contribution in [0, 0.1) is 0 Å². The van der Waals surface area contributed by atoms with Crippen LogP contribution >= 0.6 is 0 Å². The Hall–Kier alpha value is -2.95. The molecule has 1 aromatic heterocycles. The van der Waals surface area contributed by atoms with Gasteiger partial charge in [-0.05, 0) is 35.6 Å². The maximum atomic E-state index is 12.6. The van der Waals surface area contributed by atoms with Crippen LogP contribution in [0.3, 0.4) is 0 Å². The van der Waals surface area contributed by atoms with Gasteiger partial charge < -0.3 is 10.2 Å². The minimum Gasteiger partial charge on any atom is -0.365 e. The lowest BCUT2D eigenvalue weighted by atomic mass is 10.0. The minimum absolute atomic E-state index is 0.104. The molecule has 2 aliphatic rings. The van der Waals surface area contributed by atoms with E-state index in [1.165, 1.54) is 21.9 Å². The highest BCUT2D eigenvalue weighted by Gasteiger charge is 2.31. The van der Waals surface area contributed by atoms with Crippen molar-refractivity contribution in [1.29, 1.82) is 0 Å². The lowest BCUT2D eigenvalue weighted by Gasteiger charge is -2.19. The van der Waals surface area contributed by atoms with E-state index in [1.54, 1.807) is 6.33 Å². The second-order valence-corrected chi connectivity index (χ2v) is 7.46. The SMILES string of the molecule is O=C1CC(Nc2ncnc3c2CCC3)CN1Cc1cccc2ccccc12. The second kappa shape index (κ2) is 6.65. The third-order valence-electron chi connectivity index (χ3n) is 5.67. The number of nitrogens with zero attached hydrogens (tertiary/aromatic N) is 3. The Morgan fingerprint density at radius 2 is 1.96 bits per heavy atom. The van der Waals surface area contributed by atoms with Crippen molar-refractivity contribution in [3.05, 3.63) is 65.6 Å². The van der Waals surface area contributed by atoms with Crippen LogP contribution < -0.4 is 5.32 Å². The molecule has 1 aliphatic heterocycles. The van der Waals surface area contributed by atoms with Gasteiger partial charge in [-0.25, -0.2) is 9.97 Å². The van der Waals surface area contributed by atoms with E-state index in [0.29, 0.717) is 19.5 Å². The van der Waals surface area contributed by atoms with E-state index in [1.807, 2.05) is 11.0 Å². The monoisotopic (exact) mass is 358 g/mol. The fraction of sp³-hybridized carbons (Fsp3) is 0.318. The number of fused-ring (bicyclic) bond motifs is 2. The summed E-state index contributed by atoms with van der Waals surface area (Å²) in [4.78, 5) is 23.4. The molecule has 1 aliphatic carbocycles. The molecule has 5 rings (SSSR count). The van der Waals surface area contributed by atoms with Gasteiger partial charge in [0.1, 0.15) is 12.1 Å². The van der Waals surface area contributed by atoms with Crippen LogP contribution in [0.15, 0.2) is 48.8 Å². The molecule has 1 N–H and O–H groups in total. The number of hydrogen-bond donors (Lipinski definition) is 1. The normalized spacial score (nSPS) is 18.9. The zero-order valence-corrected chi connectivity index (χ0v) is 15.2. The van der Waals surface area contributed by atoms with Crippen LogP contribution in [0.25, 0.3) is 10.8 Å². The number of aromatic nitrogens is 2. The second-order valence-electron chi connectivity index (χ2n) is 7.46. The average molecular weight is 358 g/mol. The first-order chi connectivity index (χ1) is 13.3. The summed E-state index contributed by atoms with van der Waals surface area (Å²) in [6, 6.07) is 14.8. The van der Waals surface area contributed by atoms with E-state index in [4.69, 9.17) is 0 Å². The summed E-state index contributed by atoms with van der Waals surface area (Å²) in [5, 5.41) is 5.95. The summed E-state index contributed by atoms with van der Waals surface area (Å²) in [5.41, 5.74) is 3.59. The van der Waals surface area contributed by atoms with Gasteiger partial charge in [0.25, 0.3) is 0 Å². The molecule has 136 valence electrons. The molecule has 5 nitrogen and oxygen atoms in total. The van der Waals surface area contributed by atoms with E-state index in [9.17, 15) is 4.79 Å². The van der Waals surface area contributed by atoms with Crippen LogP contribution in [-0.4, -0.2) is 33.4 Å². The third kappa shape index (κ3) is 3.03. The highest BCUT2D eigenvalue weighted by molar-refractivity contribution is 5.86. The zero-order valence-electron chi connectivity index (χ0n) is 15.2. The molecule has 0 bridgehead atoms. The van der Waals surface area contributed by atoms with Crippen molar-refractivity contribution in [3.8, 4) is 0 Å².